The van der Waals surface area contributed by atoms with E-state index in [4.69, 9.17) is 0 Å². The number of alkyl halides is 1. The molecule has 0 amide bonds. The highest BCUT2D eigenvalue weighted by Gasteiger charge is 2.52. The van der Waals surface area contributed by atoms with Crippen molar-refractivity contribution in [3.8, 4) is 0 Å². The van der Waals surface area contributed by atoms with Gasteiger partial charge in [0.2, 0.25) is 0 Å². The highest BCUT2D eigenvalue weighted by molar-refractivity contribution is 9.09. The first kappa shape index (κ1) is 8.27. The van der Waals surface area contributed by atoms with Gasteiger partial charge in [0.1, 0.15) is 0 Å². The maximum Gasteiger partial charge on any atom is 0.0571 e. The Kier molecular flexibility index (Phi) is 1.97. The zero-order valence-electron chi connectivity index (χ0n) is 7.05. The molecule has 1 aliphatic carbocycles. The van der Waals surface area contributed by atoms with Crippen molar-refractivity contribution >= 4 is 15.9 Å². The number of hydrogen-bond acceptors (Lipinski definition) is 1. The lowest BCUT2D eigenvalue weighted by Crippen LogP contribution is -2.27. The average Bonchev–Trinajstić information content (AvgIpc) is 2.80. The van der Waals surface area contributed by atoms with E-state index in [9.17, 15) is 0 Å². The van der Waals surface area contributed by atoms with Crippen LogP contribution in [0.5, 0.6) is 0 Å². The van der Waals surface area contributed by atoms with E-state index in [0.29, 0.717) is 4.83 Å². The van der Waals surface area contributed by atoms with Crippen LogP contribution in [-0.2, 0) is 5.54 Å². The van der Waals surface area contributed by atoms with Crippen LogP contribution >= 0.6 is 15.9 Å². The SMILES string of the molecule is CNC1(c2ccccc2)CC1Br. The van der Waals surface area contributed by atoms with Crippen LogP contribution in [-0.4, -0.2) is 11.9 Å². The summed E-state index contributed by atoms with van der Waals surface area (Å²) in [6.07, 6.45) is 1.19. The Morgan fingerprint density at radius 2 is 2.00 bits per heavy atom. The first-order valence-corrected chi connectivity index (χ1v) is 5.10. The summed E-state index contributed by atoms with van der Waals surface area (Å²) in [4.78, 5) is 0.595. The minimum Gasteiger partial charge on any atom is -0.309 e. The van der Waals surface area contributed by atoms with E-state index < -0.39 is 0 Å². The van der Waals surface area contributed by atoms with Gasteiger partial charge in [-0.3, -0.25) is 0 Å². The summed E-state index contributed by atoms with van der Waals surface area (Å²) in [7, 11) is 2.02. The Morgan fingerprint density at radius 1 is 1.42 bits per heavy atom. The first-order valence-electron chi connectivity index (χ1n) is 4.18. The number of hydrogen-bond donors (Lipinski definition) is 1. The van der Waals surface area contributed by atoms with Crippen molar-refractivity contribution in [1.29, 1.82) is 0 Å². The van der Waals surface area contributed by atoms with E-state index in [1.165, 1.54) is 12.0 Å². The number of benzene rings is 1. The molecule has 1 aromatic rings. The Morgan fingerprint density at radius 3 is 2.42 bits per heavy atom. The van der Waals surface area contributed by atoms with E-state index in [0.717, 1.165) is 0 Å². The van der Waals surface area contributed by atoms with Crippen molar-refractivity contribution in [2.24, 2.45) is 0 Å². The van der Waals surface area contributed by atoms with Crippen molar-refractivity contribution in [2.75, 3.05) is 7.05 Å². The van der Waals surface area contributed by atoms with Crippen LogP contribution in [0.25, 0.3) is 0 Å². The minimum atomic E-state index is 0.210. The third-order valence-electron chi connectivity index (χ3n) is 2.61. The van der Waals surface area contributed by atoms with Crippen LogP contribution in [0.3, 0.4) is 0 Å². The van der Waals surface area contributed by atoms with Crippen molar-refractivity contribution in [3.63, 3.8) is 0 Å². The molecular weight excluding hydrogens is 214 g/mol. The van der Waals surface area contributed by atoms with Gasteiger partial charge in [-0.05, 0) is 19.0 Å². The quantitative estimate of drug-likeness (QED) is 0.763. The van der Waals surface area contributed by atoms with Crippen LogP contribution in [0.2, 0.25) is 0 Å². The molecule has 0 aromatic heterocycles. The first-order chi connectivity index (χ1) is 5.79. The van der Waals surface area contributed by atoms with Gasteiger partial charge < -0.3 is 5.32 Å². The van der Waals surface area contributed by atoms with E-state index in [1.807, 2.05) is 7.05 Å². The third kappa shape index (κ3) is 1.10. The van der Waals surface area contributed by atoms with Crippen molar-refractivity contribution in [2.45, 2.75) is 16.8 Å². The highest BCUT2D eigenvalue weighted by Crippen LogP contribution is 2.50. The van der Waals surface area contributed by atoms with Crippen LogP contribution in [0, 0.1) is 0 Å². The van der Waals surface area contributed by atoms with Crippen LogP contribution in [0.4, 0.5) is 0 Å². The molecule has 64 valence electrons. The Balaban J connectivity index is 2.31. The minimum absolute atomic E-state index is 0.210. The number of nitrogens with one attached hydrogen (secondary N) is 1. The molecule has 0 radical (unpaired) electrons. The zero-order chi connectivity index (χ0) is 8.60. The van der Waals surface area contributed by atoms with E-state index in [-0.39, 0.29) is 5.54 Å². The molecule has 0 heterocycles. The number of rotatable bonds is 2. The van der Waals surface area contributed by atoms with E-state index in [1.54, 1.807) is 0 Å². The fourth-order valence-corrected chi connectivity index (χ4v) is 2.66. The molecule has 2 heteroatoms. The molecule has 1 aliphatic rings. The van der Waals surface area contributed by atoms with Gasteiger partial charge in [0.15, 0.2) is 0 Å². The van der Waals surface area contributed by atoms with Gasteiger partial charge in [0.05, 0.1) is 5.54 Å². The molecule has 0 saturated heterocycles. The van der Waals surface area contributed by atoms with Gasteiger partial charge in [0.25, 0.3) is 0 Å². The van der Waals surface area contributed by atoms with Gasteiger partial charge in [-0.2, -0.15) is 0 Å². The maximum absolute atomic E-state index is 3.64. The summed E-state index contributed by atoms with van der Waals surface area (Å²) in [6, 6.07) is 10.6. The predicted octanol–water partition coefficient (Wildman–Crippen LogP) is 2.27. The normalized spacial score (nSPS) is 33.3. The summed E-state index contributed by atoms with van der Waals surface area (Å²) in [6.45, 7) is 0. The summed E-state index contributed by atoms with van der Waals surface area (Å²) in [5, 5.41) is 3.37. The molecular formula is C10H12BrN. The summed E-state index contributed by atoms with van der Waals surface area (Å²) in [5.74, 6) is 0. The Labute approximate surface area is 81.3 Å². The topological polar surface area (TPSA) is 12.0 Å². The van der Waals surface area contributed by atoms with Gasteiger partial charge in [-0.25, -0.2) is 0 Å². The summed E-state index contributed by atoms with van der Waals surface area (Å²) in [5.41, 5.74) is 1.59. The molecule has 2 unspecified atom stereocenters. The third-order valence-corrected chi connectivity index (χ3v) is 3.72. The zero-order valence-corrected chi connectivity index (χ0v) is 8.64. The number of halogens is 1. The van der Waals surface area contributed by atoms with E-state index >= 15 is 0 Å². The molecule has 1 N–H and O–H groups in total. The lowest BCUT2D eigenvalue weighted by molar-refractivity contribution is 0.590. The standard InChI is InChI=1S/C10H12BrN/c1-12-10(7-9(10)11)8-5-3-2-4-6-8/h2-6,9,12H,7H2,1H3. The van der Waals surface area contributed by atoms with Crippen LogP contribution in [0.1, 0.15) is 12.0 Å². The molecule has 0 aliphatic heterocycles. The van der Waals surface area contributed by atoms with Gasteiger partial charge >= 0.3 is 0 Å². The van der Waals surface area contributed by atoms with E-state index in [2.05, 4.69) is 51.6 Å². The predicted molar refractivity (Wildman–Crippen MR) is 54.5 cm³/mol. The second-order valence-electron chi connectivity index (χ2n) is 3.26. The molecule has 2 atom stereocenters. The van der Waals surface area contributed by atoms with Crippen LogP contribution < -0.4 is 5.32 Å². The molecule has 1 aromatic carbocycles. The molecule has 0 spiro atoms. The monoisotopic (exact) mass is 225 g/mol. The van der Waals surface area contributed by atoms with Gasteiger partial charge in [0, 0.05) is 4.83 Å². The maximum atomic E-state index is 3.64. The average molecular weight is 226 g/mol. The van der Waals surface area contributed by atoms with Crippen molar-refractivity contribution in [1.82, 2.24) is 5.32 Å². The fraction of sp³-hybridized carbons (Fsp3) is 0.400. The Hall–Kier alpha value is -0.340. The molecule has 0 bridgehead atoms. The van der Waals surface area contributed by atoms with Crippen LogP contribution in [0.15, 0.2) is 30.3 Å². The molecule has 1 saturated carbocycles. The smallest absolute Gasteiger partial charge is 0.0571 e. The van der Waals surface area contributed by atoms with Gasteiger partial charge in [-0.15, -0.1) is 0 Å². The molecule has 2 rings (SSSR count). The molecule has 1 nitrogen and oxygen atoms in total. The van der Waals surface area contributed by atoms with Crippen molar-refractivity contribution in [3.05, 3.63) is 35.9 Å². The second kappa shape index (κ2) is 2.86. The largest absolute Gasteiger partial charge is 0.309 e. The second-order valence-corrected chi connectivity index (χ2v) is 4.36. The lowest BCUT2D eigenvalue weighted by atomic mass is 10.1. The molecule has 12 heavy (non-hydrogen) atoms. The summed E-state index contributed by atoms with van der Waals surface area (Å²) >= 11 is 3.64. The highest BCUT2D eigenvalue weighted by atomic mass is 79.9. The van der Waals surface area contributed by atoms with Crippen molar-refractivity contribution < 1.29 is 0 Å². The molecule has 1 fully saturated rings. The summed E-state index contributed by atoms with van der Waals surface area (Å²) < 4.78 is 0. The van der Waals surface area contributed by atoms with Gasteiger partial charge in [-0.1, -0.05) is 46.3 Å². The Bertz CT molecular complexity index is 268. The fourth-order valence-electron chi connectivity index (χ4n) is 1.66. The lowest BCUT2D eigenvalue weighted by Gasteiger charge is -2.14.